The number of H-pyrrole nitrogens is 1. The smallest absolute Gasteiger partial charge is 0.410 e. The molecule has 0 bridgehead atoms. The average Bonchev–Trinajstić information content (AvgIpc) is 3.17. The number of hydrogen-bond acceptors (Lipinski definition) is 8. The molecular weight excluding hydrogens is 420 g/mol. The van der Waals surface area contributed by atoms with E-state index >= 15 is 0 Å². The minimum atomic E-state index is -0.561. The summed E-state index contributed by atoms with van der Waals surface area (Å²) < 4.78 is 10.3. The van der Waals surface area contributed by atoms with Crippen LogP contribution in [-0.4, -0.2) is 64.3 Å². The molecule has 0 atom stereocenters. The summed E-state index contributed by atoms with van der Waals surface area (Å²) in [6.07, 6.45) is -0.219. The highest BCUT2D eigenvalue weighted by atomic mass is 16.6. The molecule has 1 aromatic heterocycles. The summed E-state index contributed by atoms with van der Waals surface area (Å²) in [6.45, 7) is 2.61. The van der Waals surface area contributed by atoms with Crippen LogP contribution in [0.4, 0.5) is 10.5 Å². The number of piperazine rings is 1. The molecule has 1 N–H and O–H groups in total. The molecule has 0 spiro atoms. The lowest BCUT2D eigenvalue weighted by Crippen LogP contribution is -2.49. The number of Topliss-reactive ketones (excluding diaryl/α,β-unsaturated/α-hetero) is 1. The number of hydrogen-bond donors (Lipinski definition) is 1. The molecule has 1 aliphatic rings. The number of ketones is 1. The van der Waals surface area contributed by atoms with Crippen LogP contribution < -0.4 is 10.5 Å². The van der Waals surface area contributed by atoms with E-state index in [0.29, 0.717) is 55.8 Å². The Balaban J connectivity index is 1.24. The van der Waals surface area contributed by atoms with Gasteiger partial charge in [-0.3, -0.25) is 24.8 Å². The highest BCUT2D eigenvalue weighted by molar-refractivity contribution is 5.98. The molecule has 11 heteroatoms. The van der Waals surface area contributed by atoms with Crippen LogP contribution in [0.3, 0.4) is 0 Å². The van der Waals surface area contributed by atoms with Crippen LogP contribution in [0, 0.1) is 10.1 Å². The summed E-state index contributed by atoms with van der Waals surface area (Å²) in [5.41, 5.74) is 1.29. The van der Waals surface area contributed by atoms with E-state index in [-0.39, 0.29) is 17.2 Å². The second-order valence-corrected chi connectivity index (χ2v) is 7.35. The van der Waals surface area contributed by atoms with E-state index in [1.54, 1.807) is 23.1 Å². The van der Waals surface area contributed by atoms with Gasteiger partial charge in [-0.2, -0.15) is 0 Å². The first-order valence-corrected chi connectivity index (χ1v) is 9.99. The minimum absolute atomic E-state index is 0.0595. The van der Waals surface area contributed by atoms with Gasteiger partial charge in [-0.15, -0.1) is 0 Å². The molecule has 4 rings (SSSR count). The first-order chi connectivity index (χ1) is 15.4. The summed E-state index contributed by atoms with van der Waals surface area (Å²) >= 11 is 0. The van der Waals surface area contributed by atoms with Crippen LogP contribution in [0.15, 0.2) is 51.7 Å². The molecule has 1 aliphatic heterocycles. The summed E-state index contributed by atoms with van der Waals surface area (Å²) in [5, 5.41) is 10.7. The Morgan fingerprint density at radius 3 is 2.50 bits per heavy atom. The number of rotatable bonds is 6. The van der Waals surface area contributed by atoms with E-state index in [9.17, 15) is 24.5 Å². The summed E-state index contributed by atoms with van der Waals surface area (Å²) in [5.74, 6) is -0.380. The number of benzene rings is 2. The Morgan fingerprint density at radius 2 is 1.81 bits per heavy atom. The SMILES string of the molecule is O=C(CCN1CCN(C(=O)Oc2ccc([N+](=O)[O-])cc2)CC1)c1ccc2[nH]c(=O)oc2c1. The second-order valence-electron chi connectivity index (χ2n) is 7.35. The molecule has 1 fully saturated rings. The zero-order valence-electron chi connectivity index (χ0n) is 17.0. The minimum Gasteiger partial charge on any atom is -0.410 e. The molecule has 2 aromatic carbocycles. The van der Waals surface area contributed by atoms with Gasteiger partial charge < -0.3 is 14.1 Å². The Morgan fingerprint density at radius 1 is 1.09 bits per heavy atom. The standard InChI is InChI=1S/C21H20N4O7/c26-18(14-1-6-17-19(13-14)32-20(27)22-17)7-8-23-9-11-24(12-10-23)21(28)31-16-4-2-15(3-5-16)25(29)30/h1-6,13H,7-12H2,(H,22,27). The molecule has 32 heavy (non-hydrogen) atoms. The molecule has 0 aliphatic carbocycles. The lowest BCUT2D eigenvalue weighted by Gasteiger charge is -2.33. The van der Waals surface area contributed by atoms with Gasteiger partial charge in [0.2, 0.25) is 0 Å². The molecule has 166 valence electrons. The van der Waals surface area contributed by atoms with Crippen molar-refractivity contribution in [1.29, 1.82) is 0 Å². The van der Waals surface area contributed by atoms with Gasteiger partial charge in [0.05, 0.1) is 10.4 Å². The van der Waals surface area contributed by atoms with Gasteiger partial charge in [0.25, 0.3) is 5.69 Å². The third kappa shape index (κ3) is 4.83. The maximum absolute atomic E-state index is 12.5. The number of ether oxygens (including phenoxy) is 1. The number of carbonyl (C=O) groups excluding carboxylic acids is 2. The Labute approximate surface area is 181 Å². The Bertz CT molecular complexity index is 1210. The normalized spacial score (nSPS) is 14.4. The van der Waals surface area contributed by atoms with Crippen molar-refractivity contribution >= 4 is 28.7 Å². The van der Waals surface area contributed by atoms with Crippen LogP contribution in [0.25, 0.3) is 11.1 Å². The van der Waals surface area contributed by atoms with Crippen molar-refractivity contribution in [2.45, 2.75) is 6.42 Å². The average molecular weight is 440 g/mol. The largest absolute Gasteiger partial charge is 0.417 e. The van der Waals surface area contributed by atoms with E-state index in [4.69, 9.17) is 9.15 Å². The van der Waals surface area contributed by atoms with Crippen molar-refractivity contribution in [1.82, 2.24) is 14.8 Å². The van der Waals surface area contributed by atoms with Crippen LogP contribution in [-0.2, 0) is 0 Å². The van der Waals surface area contributed by atoms with E-state index in [1.165, 1.54) is 24.3 Å². The summed E-state index contributed by atoms with van der Waals surface area (Å²) in [6, 6.07) is 10.2. The lowest BCUT2D eigenvalue weighted by atomic mass is 10.1. The van der Waals surface area contributed by atoms with Crippen LogP contribution >= 0.6 is 0 Å². The van der Waals surface area contributed by atoms with E-state index in [1.807, 2.05) is 0 Å². The number of nitrogens with one attached hydrogen (secondary N) is 1. The highest BCUT2D eigenvalue weighted by Crippen LogP contribution is 2.19. The van der Waals surface area contributed by atoms with Gasteiger partial charge >= 0.3 is 11.8 Å². The highest BCUT2D eigenvalue weighted by Gasteiger charge is 2.23. The number of aromatic nitrogens is 1. The molecule has 0 unspecified atom stereocenters. The number of non-ortho nitro benzene ring substituents is 1. The predicted octanol–water partition coefficient (Wildman–Crippen LogP) is 2.42. The second kappa shape index (κ2) is 9.02. The molecule has 0 radical (unpaired) electrons. The third-order valence-corrected chi connectivity index (χ3v) is 5.28. The molecule has 2 heterocycles. The first-order valence-electron chi connectivity index (χ1n) is 9.99. The molecule has 11 nitrogen and oxygen atoms in total. The van der Waals surface area contributed by atoms with E-state index < -0.39 is 16.8 Å². The monoisotopic (exact) mass is 440 g/mol. The van der Waals surface area contributed by atoms with Crippen molar-refractivity contribution in [3.63, 3.8) is 0 Å². The number of amides is 1. The first kappa shape index (κ1) is 21.2. The maximum Gasteiger partial charge on any atom is 0.417 e. The van der Waals surface area contributed by atoms with Crippen molar-refractivity contribution in [2.75, 3.05) is 32.7 Å². The number of carbonyl (C=O) groups is 2. The maximum atomic E-state index is 12.5. The zero-order chi connectivity index (χ0) is 22.7. The van der Waals surface area contributed by atoms with Gasteiger partial charge in [0, 0.05) is 56.8 Å². The fourth-order valence-electron chi connectivity index (χ4n) is 3.48. The number of nitrogens with zero attached hydrogens (tertiary/aromatic N) is 3. The number of nitro groups is 1. The number of aromatic amines is 1. The quantitative estimate of drug-likeness (QED) is 0.350. The summed E-state index contributed by atoms with van der Waals surface area (Å²) in [4.78, 5) is 52.4. The third-order valence-electron chi connectivity index (χ3n) is 5.28. The molecule has 1 amide bonds. The van der Waals surface area contributed by atoms with Crippen molar-refractivity contribution in [2.24, 2.45) is 0 Å². The predicted molar refractivity (Wildman–Crippen MR) is 113 cm³/mol. The topological polar surface area (TPSA) is 139 Å². The molecular formula is C21H20N4O7. The van der Waals surface area contributed by atoms with E-state index in [2.05, 4.69) is 9.88 Å². The van der Waals surface area contributed by atoms with Gasteiger partial charge in [-0.1, -0.05) is 0 Å². The van der Waals surface area contributed by atoms with Gasteiger partial charge in [-0.05, 0) is 30.3 Å². The van der Waals surface area contributed by atoms with Crippen molar-refractivity contribution in [3.05, 3.63) is 68.7 Å². The van der Waals surface area contributed by atoms with Gasteiger partial charge in [0.15, 0.2) is 11.4 Å². The molecule has 1 saturated heterocycles. The fourth-order valence-corrected chi connectivity index (χ4v) is 3.48. The number of oxazole rings is 1. The Kier molecular flexibility index (Phi) is 5.99. The van der Waals surface area contributed by atoms with Crippen LogP contribution in [0.5, 0.6) is 5.75 Å². The Hall–Kier alpha value is -3.99. The van der Waals surface area contributed by atoms with Gasteiger partial charge in [-0.25, -0.2) is 9.59 Å². The number of nitro benzene ring substituents is 1. The summed E-state index contributed by atoms with van der Waals surface area (Å²) in [7, 11) is 0. The van der Waals surface area contributed by atoms with E-state index in [0.717, 1.165) is 0 Å². The zero-order valence-corrected chi connectivity index (χ0v) is 17.0. The van der Waals surface area contributed by atoms with Crippen LogP contribution in [0.2, 0.25) is 0 Å². The van der Waals surface area contributed by atoms with Crippen LogP contribution in [0.1, 0.15) is 16.8 Å². The number of fused-ring (bicyclic) bond motifs is 1. The molecule has 3 aromatic rings. The van der Waals surface area contributed by atoms with Crippen molar-refractivity contribution in [3.8, 4) is 5.75 Å². The van der Waals surface area contributed by atoms with Crippen molar-refractivity contribution < 1.29 is 23.7 Å². The fraction of sp³-hybridized carbons (Fsp3) is 0.286. The van der Waals surface area contributed by atoms with Gasteiger partial charge in [0.1, 0.15) is 5.75 Å². The molecule has 0 saturated carbocycles. The lowest BCUT2D eigenvalue weighted by molar-refractivity contribution is -0.384.